The van der Waals surface area contributed by atoms with E-state index >= 15 is 0 Å². The molecule has 0 radical (unpaired) electrons. The summed E-state index contributed by atoms with van der Waals surface area (Å²) in [5.41, 5.74) is 0. The van der Waals surface area contributed by atoms with Crippen molar-refractivity contribution >= 4 is 15.9 Å². The van der Waals surface area contributed by atoms with Gasteiger partial charge in [0.15, 0.2) is 0 Å². The van der Waals surface area contributed by atoms with E-state index in [1.54, 1.807) is 6.26 Å². The lowest BCUT2D eigenvalue weighted by Crippen LogP contribution is -2.42. The number of rotatable bonds is 4. The third-order valence-electron chi connectivity index (χ3n) is 3.28. The van der Waals surface area contributed by atoms with Crippen LogP contribution in [0.15, 0.2) is 21.2 Å². The first-order chi connectivity index (χ1) is 7.77. The highest BCUT2D eigenvalue weighted by atomic mass is 79.9. The first kappa shape index (κ1) is 12.1. The fourth-order valence-electron chi connectivity index (χ4n) is 2.21. The summed E-state index contributed by atoms with van der Waals surface area (Å²) in [6.45, 7) is 3.08. The highest BCUT2D eigenvalue weighted by Gasteiger charge is 2.18. The third kappa shape index (κ3) is 3.09. The van der Waals surface area contributed by atoms with Gasteiger partial charge >= 0.3 is 0 Å². The second kappa shape index (κ2) is 5.84. The van der Waals surface area contributed by atoms with Crippen LogP contribution < -0.4 is 5.32 Å². The molecule has 0 aliphatic carbocycles. The van der Waals surface area contributed by atoms with Crippen LogP contribution in [-0.2, 0) is 6.54 Å². The SMILES string of the molecule is CN1CCCCC1CNCc1occc1Br. The Morgan fingerprint density at radius 1 is 1.56 bits per heavy atom. The van der Waals surface area contributed by atoms with E-state index in [-0.39, 0.29) is 0 Å². The predicted octanol–water partition coefficient (Wildman–Crippen LogP) is 2.62. The molecule has 1 fully saturated rings. The first-order valence-electron chi connectivity index (χ1n) is 5.90. The zero-order valence-corrected chi connectivity index (χ0v) is 11.3. The lowest BCUT2D eigenvalue weighted by Gasteiger charge is -2.32. The van der Waals surface area contributed by atoms with E-state index in [0.29, 0.717) is 6.04 Å². The van der Waals surface area contributed by atoms with Gasteiger partial charge in [0.2, 0.25) is 0 Å². The van der Waals surface area contributed by atoms with Crippen LogP contribution in [0.25, 0.3) is 0 Å². The van der Waals surface area contributed by atoms with E-state index < -0.39 is 0 Å². The van der Waals surface area contributed by atoms with Crippen molar-refractivity contribution in [2.45, 2.75) is 31.8 Å². The summed E-state index contributed by atoms with van der Waals surface area (Å²) in [5, 5.41) is 3.46. The number of hydrogen-bond acceptors (Lipinski definition) is 3. The van der Waals surface area contributed by atoms with Gasteiger partial charge in [-0.05, 0) is 48.4 Å². The zero-order chi connectivity index (χ0) is 11.4. The van der Waals surface area contributed by atoms with Crippen LogP contribution in [0, 0.1) is 0 Å². The predicted molar refractivity (Wildman–Crippen MR) is 68.4 cm³/mol. The molecule has 1 aliphatic rings. The van der Waals surface area contributed by atoms with Crippen LogP contribution in [0.2, 0.25) is 0 Å². The molecular weight excluding hydrogens is 268 g/mol. The minimum atomic E-state index is 0.683. The summed E-state index contributed by atoms with van der Waals surface area (Å²) in [6, 6.07) is 2.62. The molecule has 3 nitrogen and oxygen atoms in total. The Bertz CT molecular complexity index is 327. The van der Waals surface area contributed by atoms with Crippen molar-refractivity contribution in [2.24, 2.45) is 0 Å². The summed E-state index contributed by atoms with van der Waals surface area (Å²) in [4.78, 5) is 2.45. The smallest absolute Gasteiger partial charge is 0.131 e. The van der Waals surface area contributed by atoms with Crippen molar-refractivity contribution < 1.29 is 4.42 Å². The van der Waals surface area contributed by atoms with Gasteiger partial charge in [-0.25, -0.2) is 0 Å². The Labute approximate surface area is 105 Å². The summed E-state index contributed by atoms with van der Waals surface area (Å²) in [7, 11) is 2.22. The van der Waals surface area contributed by atoms with Crippen LogP contribution >= 0.6 is 15.9 Å². The molecule has 2 heterocycles. The number of likely N-dealkylation sites (N-methyl/N-ethyl adjacent to an activating group) is 1. The van der Waals surface area contributed by atoms with Gasteiger partial charge < -0.3 is 14.6 Å². The van der Waals surface area contributed by atoms with E-state index in [4.69, 9.17) is 4.42 Å². The Balaban J connectivity index is 1.73. The second-order valence-electron chi connectivity index (χ2n) is 4.45. The maximum atomic E-state index is 5.36. The Morgan fingerprint density at radius 2 is 2.44 bits per heavy atom. The molecule has 0 bridgehead atoms. The number of hydrogen-bond donors (Lipinski definition) is 1. The van der Waals surface area contributed by atoms with Crippen molar-refractivity contribution in [1.82, 2.24) is 10.2 Å². The van der Waals surface area contributed by atoms with Gasteiger partial charge in [-0.1, -0.05) is 6.42 Å². The number of halogens is 1. The van der Waals surface area contributed by atoms with Crippen molar-refractivity contribution in [3.8, 4) is 0 Å². The summed E-state index contributed by atoms with van der Waals surface area (Å²) < 4.78 is 6.41. The van der Waals surface area contributed by atoms with Crippen LogP contribution in [0.3, 0.4) is 0 Å². The summed E-state index contributed by atoms with van der Waals surface area (Å²) in [5.74, 6) is 0.985. The van der Waals surface area contributed by atoms with E-state index in [1.165, 1.54) is 25.8 Å². The fraction of sp³-hybridized carbons (Fsp3) is 0.667. The maximum Gasteiger partial charge on any atom is 0.131 e. The monoisotopic (exact) mass is 286 g/mol. The molecule has 1 aromatic rings. The molecule has 1 atom stereocenters. The van der Waals surface area contributed by atoms with Gasteiger partial charge in [0.25, 0.3) is 0 Å². The topological polar surface area (TPSA) is 28.4 Å². The van der Waals surface area contributed by atoms with Gasteiger partial charge in [0, 0.05) is 12.6 Å². The Hall–Kier alpha value is -0.320. The minimum Gasteiger partial charge on any atom is -0.467 e. The molecule has 90 valence electrons. The highest BCUT2D eigenvalue weighted by molar-refractivity contribution is 9.10. The Kier molecular flexibility index (Phi) is 4.44. The van der Waals surface area contributed by atoms with Crippen molar-refractivity contribution in [1.29, 1.82) is 0 Å². The molecule has 0 aromatic carbocycles. The van der Waals surface area contributed by atoms with Crippen LogP contribution in [-0.4, -0.2) is 31.1 Å². The molecule has 4 heteroatoms. The number of piperidine rings is 1. The van der Waals surface area contributed by atoms with Gasteiger partial charge in [0.05, 0.1) is 17.3 Å². The molecule has 1 aliphatic heterocycles. The molecule has 1 unspecified atom stereocenters. The van der Waals surface area contributed by atoms with Gasteiger partial charge in [0.1, 0.15) is 5.76 Å². The van der Waals surface area contributed by atoms with E-state index in [9.17, 15) is 0 Å². The van der Waals surface area contributed by atoms with Crippen LogP contribution in [0.4, 0.5) is 0 Å². The largest absolute Gasteiger partial charge is 0.467 e. The fourth-order valence-corrected chi connectivity index (χ4v) is 2.55. The number of furan rings is 1. The normalized spacial score (nSPS) is 22.5. The molecule has 1 aromatic heterocycles. The van der Waals surface area contributed by atoms with E-state index in [2.05, 4.69) is 33.2 Å². The van der Waals surface area contributed by atoms with Crippen molar-refractivity contribution in [3.05, 3.63) is 22.6 Å². The zero-order valence-electron chi connectivity index (χ0n) is 9.71. The summed E-state index contributed by atoms with van der Waals surface area (Å²) >= 11 is 3.46. The van der Waals surface area contributed by atoms with Gasteiger partial charge in [-0.3, -0.25) is 0 Å². The van der Waals surface area contributed by atoms with E-state index in [1.807, 2.05) is 6.07 Å². The molecule has 1 N–H and O–H groups in total. The number of nitrogens with one attached hydrogen (secondary N) is 1. The van der Waals surface area contributed by atoms with Crippen molar-refractivity contribution in [2.75, 3.05) is 20.1 Å². The Morgan fingerprint density at radius 3 is 3.12 bits per heavy atom. The second-order valence-corrected chi connectivity index (χ2v) is 5.31. The average Bonchev–Trinajstić information content (AvgIpc) is 2.67. The molecule has 16 heavy (non-hydrogen) atoms. The minimum absolute atomic E-state index is 0.683. The highest BCUT2D eigenvalue weighted by Crippen LogP contribution is 2.18. The standard InChI is InChI=1S/C12H19BrN2O/c1-15-6-3-2-4-10(15)8-14-9-12-11(13)5-7-16-12/h5,7,10,14H,2-4,6,8-9H2,1H3. The lowest BCUT2D eigenvalue weighted by molar-refractivity contribution is 0.180. The van der Waals surface area contributed by atoms with Gasteiger partial charge in [-0.2, -0.15) is 0 Å². The average molecular weight is 287 g/mol. The third-order valence-corrected chi connectivity index (χ3v) is 3.98. The van der Waals surface area contributed by atoms with E-state index in [0.717, 1.165) is 23.3 Å². The van der Waals surface area contributed by atoms with Gasteiger partial charge in [-0.15, -0.1) is 0 Å². The summed E-state index contributed by atoms with van der Waals surface area (Å²) in [6.07, 6.45) is 5.73. The molecule has 2 rings (SSSR count). The lowest BCUT2D eigenvalue weighted by atomic mass is 10.0. The van der Waals surface area contributed by atoms with Crippen molar-refractivity contribution in [3.63, 3.8) is 0 Å². The number of likely N-dealkylation sites (tertiary alicyclic amines) is 1. The first-order valence-corrected chi connectivity index (χ1v) is 6.69. The molecule has 0 saturated carbocycles. The maximum absolute atomic E-state index is 5.36. The molecular formula is C12H19BrN2O. The molecule has 0 spiro atoms. The molecule has 0 amide bonds. The number of nitrogens with zero attached hydrogens (tertiary/aromatic N) is 1. The van der Waals surface area contributed by atoms with Crippen LogP contribution in [0.1, 0.15) is 25.0 Å². The van der Waals surface area contributed by atoms with Crippen LogP contribution in [0.5, 0.6) is 0 Å². The quantitative estimate of drug-likeness (QED) is 0.922. The molecule has 1 saturated heterocycles.